The second kappa shape index (κ2) is 2.27. The van der Waals surface area contributed by atoms with Gasteiger partial charge in [0.2, 0.25) is 0 Å². The number of rotatable bonds is 0. The number of aryl methyl sites for hydroxylation is 1. The van der Waals surface area contributed by atoms with Crippen molar-refractivity contribution >= 4 is 8.35 Å². The van der Waals surface area contributed by atoms with Gasteiger partial charge in [0.15, 0.2) is 0 Å². The molecule has 0 N–H and O–H groups in total. The molecular weight excluding hydrogens is 162 g/mol. The molecule has 56 valence electrons. The van der Waals surface area contributed by atoms with E-state index in [1.54, 1.807) is 6.92 Å². The Morgan fingerprint density at radius 2 is 2.10 bits per heavy atom. The van der Waals surface area contributed by atoms with Crippen LogP contribution in [0.25, 0.3) is 0 Å². The van der Waals surface area contributed by atoms with Crippen LogP contribution in [0.1, 0.15) is 11.0 Å². The topological polar surface area (TPSA) is 12.9 Å². The molecule has 0 bridgehead atoms. The first-order chi connectivity index (χ1) is 4.50. The van der Waals surface area contributed by atoms with Crippen LogP contribution in [0.2, 0.25) is 0 Å². The number of hydrogen-bond acceptors (Lipinski definition) is 1. The summed E-state index contributed by atoms with van der Waals surface area (Å²) in [6.07, 6.45) is -4.26. The summed E-state index contributed by atoms with van der Waals surface area (Å²) in [5, 5.41) is 0.687. The summed E-state index contributed by atoms with van der Waals surface area (Å²) in [6.45, 7) is 1.64. The largest absolute Gasteiger partial charge is 0.433 e. The molecule has 1 aromatic heterocycles. The van der Waals surface area contributed by atoms with Gasteiger partial charge in [0.05, 0.1) is 0 Å². The molecule has 10 heavy (non-hydrogen) atoms. The Bertz CT molecular complexity index is 227. The maximum Gasteiger partial charge on any atom is 0.433 e. The van der Waals surface area contributed by atoms with E-state index >= 15 is 0 Å². The highest BCUT2D eigenvalue weighted by atomic mass is 31.0. The summed E-state index contributed by atoms with van der Waals surface area (Å²) in [5.41, 5.74) is -0.747. The summed E-state index contributed by atoms with van der Waals surface area (Å²) in [7, 11) is -0.0347. The quantitative estimate of drug-likeness (QED) is 0.578. The lowest BCUT2D eigenvalue weighted by Crippen LogP contribution is -2.04. The molecule has 1 aromatic rings. The Morgan fingerprint density at radius 1 is 1.50 bits per heavy atom. The molecule has 1 rings (SSSR count). The molecule has 0 amide bonds. The molecule has 1 heterocycles. The molecule has 0 fully saturated rings. The van der Waals surface area contributed by atoms with Gasteiger partial charge in [-0.1, -0.05) is 0 Å². The predicted octanol–water partition coefficient (Wildman–Crippen LogP) is 2.44. The van der Waals surface area contributed by atoms with E-state index in [0.29, 0.717) is 5.30 Å². The van der Waals surface area contributed by atoms with Gasteiger partial charge in [0.1, 0.15) is 5.69 Å². The zero-order valence-corrected chi connectivity index (χ0v) is 6.16. The maximum absolute atomic E-state index is 11.8. The highest BCUT2D eigenvalue weighted by Crippen LogP contribution is 2.30. The Morgan fingerprint density at radius 3 is 2.30 bits per heavy atom. The molecule has 5 heteroatoms. The van der Waals surface area contributed by atoms with E-state index in [4.69, 9.17) is 0 Å². The first-order valence-corrected chi connectivity index (χ1v) is 3.54. The second-order valence-electron chi connectivity index (χ2n) is 1.93. The zero-order valence-electron chi connectivity index (χ0n) is 5.16. The fourth-order valence-corrected chi connectivity index (χ4v) is 1.25. The van der Waals surface area contributed by atoms with Crippen molar-refractivity contribution in [1.82, 2.24) is 4.75 Å². The number of nitrogens with zero attached hydrogens (tertiary/aromatic N) is 1. The predicted molar refractivity (Wildman–Crippen MR) is 33.5 cm³/mol. The van der Waals surface area contributed by atoms with Crippen LogP contribution in [0.4, 0.5) is 13.2 Å². The SMILES string of the molecule is Cc1cc(C(F)(F)F)n[pH]1. The molecule has 0 radical (unpaired) electrons. The van der Waals surface area contributed by atoms with E-state index < -0.39 is 11.9 Å². The maximum atomic E-state index is 11.8. The van der Waals surface area contributed by atoms with Crippen molar-refractivity contribution in [3.63, 3.8) is 0 Å². The average Bonchev–Trinajstić information content (AvgIpc) is 2.11. The molecule has 0 saturated heterocycles. The van der Waals surface area contributed by atoms with Gasteiger partial charge in [-0.3, -0.25) is 0 Å². The van der Waals surface area contributed by atoms with E-state index in [1.807, 2.05) is 0 Å². The highest BCUT2D eigenvalue weighted by Gasteiger charge is 2.32. The lowest BCUT2D eigenvalue weighted by atomic mass is 10.4. The van der Waals surface area contributed by atoms with Gasteiger partial charge in [-0.2, -0.15) is 13.2 Å². The third kappa shape index (κ3) is 1.51. The van der Waals surface area contributed by atoms with Crippen molar-refractivity contribution in [3.8, 4) is 0 Å². The van der Waals surface area contributed by atoms with Gasteiger partial charge in [-0.05, 0) is 26.6 Å². The van der Waals surface area contributed by atoms with E-state index in [9.17, 15) is 13.2 Å². The van der Waals surface area contributed by atoms with Crippen molar-refractivity contribution in [2.24, 2.45) is 0 Å². The fraction of sp³-hybridized carbons (Fsp3) is 0.400. The van der Waals surface area contributed by atoms with Gasteiger partial charge >= 0.3 is 6.18 Å². The number of hydrogen-bond donors (Lipinski definition) is 0. The van der Waals surface area contributed by atoms with Crippen LogP contribution in [0.3, 0.4) is 0 Å². The smallest absolute Gasteiger partial charge is 0.236 e. The van der Waals surface area contributed by atoms with Gasteiger partial charge in [0, 0.05) is 0 Å². The Balaban J connectivity index is 2.96. The van der Waals surface area contributed by atoms with E-state index in [-0.39, 0.29) is 8.35 Å². The van der Waals surface area contributed by atoms with Gasteiger partial charge < -0.3 is 0 Å². The highest BCUT2D eigenvalue weighted by molar-refractivity contribution is 7.26. The van der Waals surface area contributed by atoms with E-state index in [2.05, 4.69) is 4.75 Å². The molecule has 0 aromatic carbocycles. The first-order valence-electron chi connectivity index (χ1n) is 2.59. The lowest BCUT2D eigenvalue weighted by Gasteiger charge is -1.99. The third-order valence-corrected chi connectivity index (χ3v) is 1.85. The van der Waals surface area contributed by atoms with E-state index in [0.717, 1.165) is 6.07 Å². The minimum atomic E-state index is -4.26. The molecule has 1 atom stereocenters. The van der Waals surface area contributed by atoms with Crippen LogP contribution in [0.5, 0.6) is 0 Å². The van der Waals surface area contributed by atoms with E-state index in [1.165, 1.54) is 0 Å². The Hall–Kier alpha value is -0.500. The van der Waals surface area contributed by atoms with Gasteiger partial charge in [-0.25, -0.2) is 4.75 Å². The minimum absolute atomic E-state index is 0.0347. The lowest BCUT2D eigenvalue weighted by molar-refractivity contribution is -0.140. The molecule has 1 unspecified atom stereocenters. The standard InChI is InChI=1S/C5H5F3NP/c1-3-2-4(9-10-3)5(6,7)8/h2,10H,1H3. The molecule has 0 aliphatic carbocycles. The number of halogens is 3. The summed E-state index contributed by atoms with van der Waals surface area (Å²) in [5.74, 6) is 0. The molecule has 0 aliphatic heterocycles. The van der Waals surface area contributed by atoms with Crippen LogP contribution < -0.4 is 0 Å². The van der Waals surface area contributed by atoms with Crippen LogP contribution in [0, 0.1) is 6.92 Å². The van der Waals surface area contributed by atoms with Crippen LogP contribution >= 0.6 is 8.35 Å². The molecule has 0 aliphatic rings. The van der Waals surface area contributed by atoms with Crippen LogP contribution in [-0.2, 0) is 6.18 Å². The molecule has 1 nitrogen and oxygen atoms in total. The van der Waals surface area contributed by atoms with Crippen molar-refractivity contribution in [1.29, 1.82) is 0 Å². The summed E-state index contributed by atoms with van der Waals surface area (Å²) in [4.78, 5) is 0. The molecule has 0 spiro atoms. The average molecular weight is 167 g/mol. The summed E-state index contributed by atoms with van der Waals surface area (Å²) in [6, 6.07) is 1.08. The summed E-state index contributed by atoms with van der Waals surface area (Å²) >= 11 is 0. The van der Waals surface area contributed by atoms with Crippen molar-refractivity contribution in [2.45, 2.75) is 13.1 Å². The number of alkyl halides is 3. The van der Waals surface area contributed by atoms with Gasteiger partial charge in [0.25, 0.3) is 0 Å². The second-order valence-corrected chi connectivity index (χ2v) is 3.17. The van der Waals surface area contributed by atoms with Crippen LogP contribution in [0.15, 0.2) is 6.07 Å². The fourth-order valence-electron chi connectivity index (χ4n) is 0.563. The van der Waals surface area contributed by atoms with Crippen molar-refractivity contribution < 1.29 is 13.2 Å². The third-order valence-electron chi connectivity index (χ3n) is 0.996. The van der Waals surface area contributed by atoms with Crippen LogP contribution in [-0.4, -0.2) is 4.75 Å². The van der Waals surface area contributed by atoms with Gasteiger partial charge in [-0.15, -0.1) is 0 Å². The molecular formula is C5H5F3NP. The summed E-state index contributed by atoms with van der Waals surface area (Å²) < 4.78 is 38.6. The monoisotopic (exact) mass is 167 g/mol. The van der Waals surface area contributed by atoms with Crippen molar-refractivity contribution in [2.75, 3.05) is 0 Å². The van der Waals surface area contributed by atoms with Crippen molar-refractivity contribution in [3.05, 3.63) is 17.1 Å². The Labute approximate surface area is 57.4 Å². The Kier molecular flexibility index (Phi) is 1.73. The number of aromatic nitrogens is 1. The zero-order chi connectivity index (χ0) is 7.78. The normalized spacial score (nSPS) is 12.8. The minimum Gasteiger partial charge on any atom is -0.236 e. The molecule has 0 saturated carbocycles. The first kappa shape index (κ1) is 7.61.